The highest BCUT2D eigenvalue weighted by Crippen LogP contribution is 2.31. The molecule has 0 aliphatic carbocycles. The molecule has 1 atom stereocenters. The number of morpholine rings is 1. The van der Waals surface area contributed by atoms with E-state index in [1.54, 1.807) is 11.0 Å². The summed E-state index contributed by atoms with van der Waals surface area (Å²) in [5, 5.41) is 9.01. The number of ether oxygens (including phenoxy) is 1. The molecule has 0 amide bonds. The van der Waals surface area contributed by atoms with Crippen molar-refractivity contribution in [2.45, 2.75) is 12.3 Å². The van der Waals surface area contributed by atoms with Crippen molar-refractivity contribution in [3.63, 3.8) is 0 Å². The molecule has 1 heterocycles. The zero-order valence-electron chi connectivity index (χ0n) is 9.65. The molecule has 0 saturated carbocycles. The van der Waals surface area contributed by atoms with E-state index in [0.717, 1.165) is 12.1 Å². The molecule has 1 fully saturated rings. The lowest BCUT2D eigenvalue weighted by Crippen LogP contribution is -2.44. The standard InChI is InChI=1S/C12H14F3NO2/c13-12(14,15)9-2-1-3-10(6-9)16-4-5-18-11(7-16)8-17/h1-3,6,11,17H,4-5,7-8H2. The van der Waals surface area contributed by atoms with E-state index >= 15 is 0 Å². The van der Waals surface area contributed by atoms with Gasteiger partial charge in [0.25, 0.3) is 0 Å². The highest BCUT2D eigenvalue weighted by atomic mass is 19.4. The number of benzene rings is 1. The number of alkyl halides is 3. The Kier molecular flexibility index (Phi) is 3.77. The zero-order chi connectivity index (χ0) is 13.2. The maximum atomic E-state index is 12.6. The molecular formula is C12H14F3NO2. The van der Waals surface area contributed by atoms with E-state index < -0.39 is 11.7 Å². The predicted octanol–water partition coefficient (Wildman–Crippen LogP) is 1.90. The van der Waals surface area contributed by atoms with Crippen LogP contribution in [0.3, 0.4) is 0 Å². The van der Waals surface area contributed by atoms with Crippen LogP contribution in [0.15, 0.2) is 24.3 Å². The summed E-state index contributed by atoms with van der Waals surface area (Å²) in [4.78, 5) is 1.79. The quantitative estimate of drug-likeness (QED) is 0.882. The maximum Gasteiger partial charge on any atom is 0.416 e. The second kappa shape index (κ2) is 5.16. The molecule has 1 aromatic rings. The monoisotopic (exact) mass is 261 g/mol. The van der Waals surface area contributed by atoms with Crippen LogP contribution in [0.5, 0.6) is 0 Å². The van der Waals surface area contributed by atoms with Gasteiger partial charge < -0.3 is 14.7 Å². The largest absolute Gasteiger partial charge is 0.416 e. The van der Waals surface area contributed by atoms with Crippen molar-refractivity contribution in [1.29, 1.82) is 0 Å². The Labute approximate surface area is 103 Å². The number of hydrogen-bond acceptors (Lipinski definition) is 3. The Morgan fingerprint density at radius 3 is 2.83 bits per heavy atom. The third-order valence-corrected chi connectivity index (χ3v) is 2.88. The summed E-state index contributed by atoms with van der Waals surface area (Å²) in [5.41, 5.74) is -0.154. The topological polar surface area (TPSA) is 32.7 Å². The second-order valence-corrected chi connectivity index (χ2v) is 4.17. The van der Waals surface area contributed by atoms with Crippen molar-refractivity contribution in [3.8, 4) is 0 Å². The Bertz CT molecular complexity index is 409. The van der Waals surface area contributed by atoms with Crippen LogP contribution in [0, 0.1) is 0 Å². The number of nitrogens with zero attached hydrogens (tertiary/aromatic N) is 1. The minimum Gasteiger partial charge on any atom is -0.394 e. The molecule has 0 spiro atoms. The summed E-state index contributed by atoms with van der Waals surface area (Å²) in [7, 11) is 0. The molecule has 2 rings (SSSR count). The summed E-state index contributed by atoms with van der Waals surface area (Å²) < 4.78 is 43.0. The third kappa shape index (κ3) is 2.94. The fraction of sp³-hybridized carbons (Fsp3) is 0.500. The molecule has 100 valence electrons. The summed E-state index contributed by atoms with van der Waals surface area (Å²) in [6, 6.07) is 5.20. The van der Waals surface area contributed by atoms with Gasteiger partial charge in [-0.15, -0.1) is 0 Å². The Morgan fingerprint density at radius 1 is 1.39 bits per heavy atom. The molecule has 6 heteroatoms. The minimum atomic E-state index is -4.33. The molecule has 1 saturated heterocycles. The van der Waals surface area contributed by atoms with Crippen molar-refractivity contribution >= 4 is 5.69 Å². The molecule has 3 nitrogen and oxygen atoms in total. The van der Waals surface area contributed by atoms with Gasteiger partial charge in [-0.3, -0.25) is 0 Å². The second-order valence-electron chi connectivity index (χ2n) is 4.17. The van der Waals surface area contributed by atoms with Crippen molar-refractivity contribution < 1.29 is 23.0 Å². The number of rotatable bonds is 2. The SMILES string of the molecule is OCC1CN(c2cccc(C(F)(F)F)c2)CCO1. The van der Waals surface area contributed by atoms with Gasteiger partial charge in [0.2, 0.25) is 0 Å². The van der Waals surface area contributed by atoms with E-state index in [9.17, 15) is 13.2 Å². The van der Waals surface area contributed by atoms with Crippen LogP contribution in [0.1, 0.15) is 5.56 Å². The Morgan fingerprint density at radius 2 is 2.17 bits per heavy atom. The lowest BCUT2D eigenvalue weighted by molar-refractivity contribution is -0.137. The normalized spacial score (nSPS) is 21.1. The minimum absolute atomic E-state index is 0.130. The number of aliphatic hydroxyl groups excluding tert-OH is 1. The van der Waals surface area contributed by atoms with Gasteiger partial charge in [-0.1, -0.05) is 6.07 Å². The first kappa shape index (κ1) is 13.2. The molecule has 1 aliphatic heterocycles. The molecule has 0 radical (unpaired) electrons. The van der Waals surface area contributed by atoms with Gasteiger partial charge >= 0.3 is 6.18 Å². The summed E-state index contributed by atoms with van der Waals surface area (Å²) in [6.07, 6.45) is -4.67. The van der Waals surface area contributed by atoms with E-state index in [-0.39, 0.29) is 12.7 Å². The first-order chi connectivity index (χ1) is 8.50. The van der Waals surface area contributed by atoms with Crippen LogP contribution in [-0.4, -0.2) is 37.5 Å². The van der Waals surface area contributed by atoms with Gasteiger partial charge in [0.1, 0.15) is 0 Å². The van der Waals surface area contributed by atoms with Crippen LogP contribution < -0.4 is 4.90 Å². The summed E-state index contributed by atoms with van der Waals surface area (Å²) >= 11 is 0. The summed E-state index contributed by atoms with van der Waals surface area (Å²) in [6.45, 7) is 1.20. The van der Waals surface area contributed by atoms with E-state index in [1.165, 1.54) is 6.07 Å². The lowest BCUT2D eigenvalue weighted by Gasteiger charge is -2.34. The fourth-order valence-electron chi connectivity index (χ4n) is 1.94. The Hall–Kier alpha value is -1.27. The van der Waals surface area contributed by atoms with E-state index in [0.29, 0.717) is 25.4 Å². The van der Waals surface area contributed by atoms with Gasteiger partial charge in [-0.2, -0.15) is 13.2 Å². The lowest BCUT2D eigenvalue weighted by atomic mass is 10.1. The number of halogens is 3. The average Bonchev–Trinajstić information content (AvgIpc) is 2.38. The first-order valence-corrected chi connectivity index (χ1v) is 5.65. The van der Waals surface area contributed by atoms with Crippen molar-refractivity contribution in [1.82, 2.24) is 0 Å². The van der Waals surface area contributed by atoms with Crippen LogP contribution in [0.4, 0.5) is 18.9 Å². The molecule has 18 heavy (non-hydrogen) atoms. The number of hydrogen-bond donors (Lipinski definition) is 1. The van der Waals surface area contributed by atoms with Crippen molar-refractivity contribution in [2.24, 2.45) is 0 Å². The highest BCUT2D eigenvalue weighted by Gasteiger charge is 2.31. The molecule has 1 N–H and O–H groups in total. The van der Waals surface area contributed by atoms with Crippen molar-refractivity contribution in [2.75, 3.05) is 31.2 Å². The van der Waals surface area contributed by atoms with Gasteiger partial charge in [-0.25, -0.2) is 0 Å². The summed E-state index contributed by atoms with van der Waals surface area (Å²) in [5.74, 6) is 0. The molecule has 1 aromatic carbocycles. The number of aliphatic hydroxyl groups is 1. The van der Waals surface area contributed by atoms with E-state index in [2.05, 4.69) is 0 Å². The molecule has 1 unspecified atom stereocenters. The Balaban J connectivity index is 2.18. The van der Waals surface area contributed by atoms with Gasteiger partial charge in [0.05, 0.1) is 24.9 Å². The predicted molar refractivity (Wildman–Crippen MR) is 60.5 cm³/mol. The van der Waals surface area contributed by atoms with Gasteiger partial charge in [-0.05, 0) is 18.2 Å². The third-order valence-electron chi connectivity index (χ3n) is 2.88. The zero-order valence-corrected chi connectivity index (χ0v) is 9.65. The molecule has 0 bridgehead atoms. The average molecular weight is 261 g/mol. The van der Waals surface area contributed by atoms with Gasteiger partial charge in [0.15, 0.2) is 0 Å². The van der Waals surface area contributed by atoms with Crippen LogP contribution in [0.2, 0.25) is 0 Å². The van der Waals surface area contributed by atoms with Crippen LogP contribution >= 0.6 is 0 Å². The fourth-order valence-corrected chi connectivity index (χ4v) is 1.94. The smallest absolute Gasteiger partial charge is 0.394 e. The van der Waals surface area contributed by atoms with Crippen LogP contribution in [-0.2, 0) is 10.9 Å². The van der Waals surface area contributed by atoms with E-state index in [4.69, 9.17) is 9.84 Å². The maximum absolute atomic E-state index is 12.6. The molecule has 0 aromatic heterocycles. The van der Waals surface area contributed by atoms with Crippen LogP contribution in [0.25, 0.3) is 0 Å². The highest BCUT2D eigenvalue weighted by molar-refractivity contribution is 5.49. The van der Waals surface area contributed by atoms with Gasteiger partial charge in [0, 0.05) is 18.8 Å². The first-order valence-electron chi connectivity index (χ1n) is 5.65. The van der Waals surface area contributed by atoms with E-state index in [1.807, 2.05) is 0 Å². The number of anilines is 1. The van der Waals surface area contributed by atoms with Crippen molar-refractivity contribution in [3.05, 3.63) is 29.8 Å². The molecule has 1 aliphatic rings. The molecular weight excluding hydrogens is 247 g/mol.